The molecule has 1 saturated heterocycles. The van der Waals surface area contributed by atoms with Gasteiger partial charge in [0.1, 0.15) is 17.7 Å². The van der Waals surface area contributed by atoms with Crippen LogP contribution in [0.3, 0.4) is 0 Å². The fourth-order valence-corrected chi connectivity index (χ4v) is 3.40. The summed E-state index contributed by atoms with van der Waals surface area (Å²) in [6.45, 7) is 4.40. The molecule has 2 heterocycles. The van der Waals surface area contributed by atoms with Crippen LogP contribution < -0.4 is 9.47 Å². The molecule has 1 aliphatic rings. The minimum atomic E-state index is -0.721. The summed E-state index contributed by atoms with van der Waals surface area (Å²) in [4.78, 5) is 14.3. The SMILES string of the molecule is COc1cc(F)ccc1O[C@@H]1CN(C(=O)CCc2c(C)noc2C)CC[C@H]1O. The molecule has 28 heavy (non-hydrogen) atoms. The molecular weight excluding hydrogens is 367 g/mol. The summed E-state index contributed by atoms with van der Waals surface area (Å²) >= 11 is 0. The number of benzene rings is 1. The average Bonchev–Trinajstić information content (AvgIpc) is 3.00. The maximum atomic E-state index is 13.4. The van der Waals surface area contributed by atoms with Crippen LogP contribution in [-0.4, -0.2) is 53.5 Å². The van der Waals surface area contributed by atoms with Gasteiger partial charge < -0.3 is 24.0 Å². The van der Waals surface area contributed by atoms with E-state index in [0.29, 0.717) is 31.6 Å². The maximum Gasteiger partial charge on any atom is 0.223 e. The second-order valence-electron chi connectivity index (χ2n) is 6.95. The minimum absolute atomic E-state index is 0.0217. The summed E-state index contributed by atoms with van der Waals surface area (Å²) in [5, 5.41) is 14.2. The van der Waals surface area contributed by atoms with Crippen molar-refractivity contribution < 1.29 is 28.3 Å². The Balaban J connectivity index is 1.63. The molecule has 0 saturated carbocycles. The van der Waals surface area contributed by atoms with Crippen LogP contribution in [0.2, 0.25) is 0 Å². The van der Waals surface area contributed by atoms with E-state index < -0.39 is 18.0 Å². The molecule has 7 nitrogen and oxygen atoms in total. The van der Waals surface area contributed by atoms with E-state index in [9.17, 15) is 14.3 Å². The highest BCUT2D eigenvalue weighted by molar-refractivity contribution is 5.76. The van der Waals surface area contributed by atoms with Crippen molar-refractivity contribution in [2.45, 2.75) is 45.3 Å². The second-order valence-corrected chi connectivity index (χ2v) is 6.95. The van der Waals surface area contributed by atoms with Crippen molar-refractivity contribution in [2.75, 3.05) is 20.2 Å². The van der Waals surface area contributed by atoms with Crippen LogP contribution in [0.15, 0.2) is 22.7 Å². The van der Waals surface area contributed by atoms with Gasteiger partial charge in [0.15, 0.2) is 11.5 Å². The molecular formula is C20H25FN2O5. The first kappa shape index (κ1) is 20.1. The smallest absolute Gasteiger partial charge is 0.223 e. The molecule has 1 amide bonds. The van der Waals surface area contributed by atoms with E-state index in [2.05, 4.69) is 5.16 Å². The number of methoxy groups -OCH3 is 1. The Morgan fingerprint density at radius 1 is 1.39 bits per heavy atom. The van der Waals surface area contributed by atoms with Crippen molar-refractivity contribution in [3.8, 4) is 11.5 Å². The average molecular weight is 392 g/mol. The van der Waals surface area contributed by atoms with Gasteiger partial charge in [-0.3, -0.25) is 4.79 Å². The van der Waals surface area contributed by atoms with E-state index in [1.165, 1.54) is 25.3 Å². The van der Waals surface area contributed by atoms with Gasteiger partial charge in [0, 0.05) is 24.6 Å². The minimum Gasteiger partial charge on any atom is -0.493 e. The highest BCUT2D eigenvalue weighted by atomic mass is 19.1. The Hall–Kier alpha value is -2.61. The number of hydrogen-bond acceptors (Lipinski definition) is 6. The summed E-state index contributed by atoms with van der Waals surface area (Å²) in [5.74, 6) is 0.840. The number of halogens is 1. The standard InChI is InChI=1S/C20H25FN2O5/c1-12-15(13(2)28-22-12)5-7-20(25)23-9-8-16(24)19(11-23)27-17-6-4-14(21)10-18(17)26-3/h4,6,10,16,19,24H,5,7-9,11H2,1-3H3/t16-,19-/m1/s1. The van der Waals surface area contributed by atoms with Gasteiger partial charge in [0.25, 0.3) is 0 Å². The third kappa shape index (κ3) is 4.44. The third-order valence-corrected chi connectivity index (χ3v) is 5.05. The predicted molar refractivity (Wildman–Crippen MR) is 98.9 cm³/mol. The van der Waals surface area contributed by atoms with Gasteiger partial charge in [-0.15, -0.1) is 0 Å². The molecule has 0 spiro atoms. The number of rotatable bonds is 6. The molecule has 0 radical (unpaired) electrons. The summed E-state index contributed by atoms with van der Waals surface area (Å²) < 4.78 is 29.5. The van der Waals surface area contributed by atoms with Crippen LogP contribution in [0.25, 0.3) is 0 Å². The lowest BCUT2D eigenvalue weighted by atomic mass is 10.0. The first-order valence-corrected chi connectivity index (χ1v) is 9.26. The number of amides is 1. The fraction of sp³-hybridized carbons (Fsp3) is 0.500. The van der Waals surface area contributed by atoms with Crippen LogP contribution in [0.5, 0.6) is 11.5 Å². The first-order chi connectivity index (χ1) is 13.4. The Labute approximate surface area is 163 Å². The molecule has 0 bridgehead atoms. The highest BCUT2D eigenvalue weighted by Gasteiger charge is 2.32. The number of aliphatic hydroxyl groups excluding tert-OH is 1. The Morgan fingerprint density at radius 3 is 2.86 bits per heavy atom. The number of carbonyl (C=O) groups excluding carboxylic acids is 1. The van der Waals surface area contributed by atoms with Gasteiger partial charge in [-0.2, -0.15) is 0 Å². The Morgan fingerprint density at radius 2 is 2.18 bits per heavy atom. The van der Waals surface area contributed by atoms with E-state index >= 15 is 0 Å². The number of aryl methyl sites for hydroxylation is 2. The van der Waals surface area contributed by atoms with Crippen LogP contribution >= 0.6 is 0 Å². The number of likely N-dealkylation sites (tertiary alicyclic amines) is 1. The van der Waals surface area contributed by atoms with Crippen LogP contribution in [-0.2, 0) is 11.2 Å². The van der Waals surface area contributed by atoms with Gasteiger partial charge in [0.05, 0.1) is 25.5 Å². The molecule has 0 aliphatic carbocycles. The number of nitrogens with zero attached hydrogens (tertiary/aromatic N) is 2. The highest BCUT2D eigenvalue weighted by Crippen LogP contribution is 2.30. The zero-order valence-electron chi connectivity index (χ0n) is 16.3. The summed E-state index contributed by atoms with van der Waals surface area (Å²) in [5.41, 5.74) is 1.75. The maximum absolute atomic E-state index is 13.4. The lowest BCUT2D eigenvalue weighted by Gasteiger charge is -2.36. The molecule has 0 unspecified atom stereocenters. The van der Waals surface area contributed by atoms with Crippen molar-refractivity contribution >= 4 is 5.91 Å². The molecule has 2 atom stereocenters. The van der Waals surface area contributed by atoms with E-state index in [-0.39, 0.29) is 18.2 Å². The number of aliphatic hydroxyl groups is 1. The van der Waals surface area contributed by atoms with E-state index in [1.54, 1.807) is 4.90 Å². The quantitative estimate of drug-likeness (QED) is 0.813. The fourth-order valence-electron chi connectivity index (χ4n) is 3.40. The largest absolute Gasteiger partial charge is 0.493 e. The second kappa shape index (κ2) is 8.60. The number of piperidine rings is 1. The zero-order valence-corrected chi connectivity index (χ0v) is 16.3. The van der Waals surface area contributed by atoms with Crippen LogP contribution in [0.4, 0.5) is 4.39 Å². The van der Waals surface area contributed by atoms with E-state index in [4.69, 9.17) is 14.0 Å². The van der Waals surface area contributed by atoms with Crippen molar-refractivity contribution in [1.29, 1.82) is 0 Å². The lowest BCUT2D eigenvalue weighted by Crippen LogP contribution is -2.51. The van der Waals surface area contributed by atoms with Crippen LogP contribution in [0.1, 0.15) is 29.9 Å². The Bertz CT molecular complexity index is 818. The summed E-state index contributed by atoms with van der Waals surface area (Å²) in [7, 11) is 1.42. The van der Waals surface area contributed by atoms with Crippen molar-refractivity contribution in [2.24, 2.45) is 0 Å². The molecule has 1 aromatic heterocycles. The molecule has 3 rings (SSSR count). The first-order valence-electron chi connectivity index (χ1n) is 9.26. The predicted octanol–water partition coefficient (Wildman–Crippen LogP) is 2.41. The number of ether oxygens (including phenoxy) is 2. The molecule has 1 fully saturated rings. The monoisotopic (exact) mass is 392 g/mol. The number of aromatic nitrogens is 1. The normalized spacial score (nSPS) is 19.5. The van der Waals surface area contributed by atoms with E-state index in [0.717, 1.165) is 17.0 Å². The van der Waals surface area contributed by atoms with Crippen molar-refractivity contribution in [1.82, 2.24) is 10.1 Å². The summed E-state index contributed by atoms with van der Waals surface area (Å²) in [6.07, 6.45) is -0.0508. The number of carbonyl (C=O) groups is 1. The molecule has 8 heteroatoms. The van der Waals surface area contributed by atoms with Gasteiger partial charge in [0.2, 0.25) is 5.91 Å². The topological polar surface area (TPSA) is 85.0 Å². The van der Waals surface area contributed by atoms with Crippen LogP contribution in [0, 0.1) is 19.7 Å². The zero-order chi connectivity index (χ0) is 20.3. The van der Waals surface area contributed by atoms with Gasteiger partial charge in [-0.25, -0.2) is 4.39 Å². The van der Waals surface area contributed by atoms with Crippen molar-refractivity contribution in [3.05, 3.63) is 41.0 Å². The summed E-state index contributed by atoms with van der Waals surface area (Å²) in [6, 6.07) is 3.94. The molecule has 1 aromatic carbocycles. The molecule has 1 N–H and O–H groups in total. The molecule has 2 aromatic rings. The van der Waals surface area contributed by atoms with Gasteiger partial charge >= 0.3 is 0 Å². The third-order valence-electron chi connectivity index (χ3n) is 5.05. The van der Waals surface area contributed by atoms with E-state index in [1.807, 2.05) is 13.8 Å². The molecule has 1 aliphatic heterocycles. The Kier molecular flexibility index (Phi) is 6.18. The number of hydrogen-bond donors (Lipinski definition) is 1. The molecule has 152 valence electrons. The van der Waals surface area contributed by atoms with Crippen molar-refractivity contribution in [3.63, 3.8) is 0 Å². The lowest BCUT2D eigenvalue weighted by molar-refractivity contribution is -0.136. The van der Waals surface area contributed by atoms with Gasteiger partial charge in [-0.1, -0.05) is 5.16 Å². The van der Waals surface area contributed by atoms with Gasteiger partial charge in [-0.05, 0) is 38.8 Å².